The van der Waals surface area contributed by atoms with Gasteiger partial charge >= 0.3 is 0 Å². The van der Waals surface area contributed by atoms with Crippen molar-refractivity contribution >= 4 is 10.9 Å². The Kier molecular flexibility index (Phi) is 2.31. The van der Waals surface area contributed by atoms with Gasteiger partial charge in [0.2, 0.25) is 0 Å². The second kappa shape index (κ2) is 3.81. The van der Waals surface area contributed by atoms with Gasteiger partial charge in [-0.3, -0.25) is 0 Å². The van der Waals surface area contributed by atoms with E-state index in [4.69, 9.17) is 4.52 Å². The van der Waals surface area contributed by atoms with Crippen molar-refractivity contribution in [1.82, 2.24) is 5.16 Å². The highest BCUT2D eigenvalue weighted by molar-refractivity contribution is 5.82. The first-order valence-corrected chi connectivity index (χ1v) is 5.93. The zero-order valence-electron chi connectivity index (χ0n) is 9.15. The molecule has 3 nitrogen and oxygen atoms in total. The zero-order valence-corrected chi connectivity index (χ0v) is 9.15. The first-order valence-electron chi connectivity index (χ1n) is 5.93. The third kappa shape index (κ3) is 1.56. The van der Waals surface area contributed by atoms with Crippen LogP contribution < -0.4 is 0 Å². The standard InChI is InChI=1S/C13H15NO2/c15-10-6-7-11-12(8-10)14-16-13(11)9-4-2-1-3-5-9/h6-9,15H,1-5H2. The number of nitrogens with zero attached hydrogens (tertiary/aromatic N) is 1. The summed E-state index contributed by atoms with van der Waals surface area (Å²) in [6.45, 7) is 0. The molecule has 1 aliphatic rings. The topological polar surface area (TPSA) is 46.3 Å². The molecule has 0 amide bonds. The van der Waals surface area contributed by atoms with Crippen LogP contribution in [0.1, 0.15) is 43.8 Å². The Morgan fingerprint density at radius 2 is 2.00 bits per heavy atom. The lowest BCUT2D eigenvalue weighted by atomic mass is 9.86. The largest absolute Gasteiger partial charge is 0.508 e. The van der Waals surface area contributed by atoms with Gasteiger partial charge in [-0.15, -0.1) is 0 Å². The molecule has 3 rings (SSSR count). The Hall–Kier alpha value is -1.51. The fourth-order valence-electron chi connectivity index (χ4n) is 2.61. The average molecular weight is 217 g/mol. The van der Waals surface area contributed by atoms with E-state index in [1.54, 1.807) is 12.1 Å². The van der Waals surface area contributed by atoms with E-state index in [-0.39, 0.29) is 5.75 Å². The van der Waals surface area contributed by atoms with Gasteiger partial charge in [-0.05, 0) is 25.0 Å². The van der Waals surface area contributed by atoms with Gasteiger partial charge in [-0.1, -0.05) is 24.4 Å². The van der Waals surface area contributed by atoms with E-state index in [2.05, 4.69) is 5.16 Å². The molecule has 0 bridgehead atoms. The highest BCUT2D eigenvalue weighted by Gasteiger charge is 2.22. The van der Waals surface area contributed by atoms with Gasteiger partial charge in [0.05, 0.1) is 0 Å². The number of phenols is 1. The molecular weight excluding hydrogens is 202 g/mol. The summed E-state index contributed by atoms with van der Waals surface area (Å²) in [5.74, 6) is 1.77. The molecule has 0 saturated heterocycles. The van der Waals surface area contributed by atoms with E-state index in [0.29, 0.717) is 5.92 Å². The van der Waals surface area contributed by atoms with E-state index < -0.39 is 0 Å². The Balaban J connectivity index is 2.03. The Labute approximate surface area is 94.1 Å². The summed E-state index contributed by atoms with van der Waals surface area (Å²) in [5.41, 5.74) is 0.764. The predicted octanol–water partition coefficient (Wildman–Crippen LogP) is 3.58. The molecule has 1 N–H and O–H groups in total. The zero-order chi connectivity index (χ0) is 11.0. The summed E-state index contributed by atoms with van der Waals surface area (Å²) in [5, 5.41) is 14.4. The van der Waals surface area contributed by atoms with E-state index in [1.165, 1.54) is 32.1 Å². The quantitative estimate of drug-likeness (QED) is 0.794. The Morgan fingerprint density at radius 1 is 1.19 bits per heavy atom. The maximum Gasteiger partial charge on any atom is 0.147 e. The Bertz CT molecular complexity index is 498. The molecule has 0 aliphatic heterocycles. The molecule has 1 aromatic heterocycles. The first-order chi connectivity index (χ1) is 7.84. The van der Waals surface area contributed by atoms with Crippen molar-refractivity contribution in [2.24, 2.45) is 0 Å². The fourth-order valence-corrected chi connectivity index (χ4v) is 2.61. The molecular formula is C13H15NO2. The summed E-state index contributed by atoms with van der Waals surface area (Å²) in [7, 11) is 0. The number of hydrogen-bond donors (Lipinski definition) is 1. The number of rotatable bonds is 1. The minimum Gasteiger partial charge on any atom is -0.508 e. The molecule has 1 fully saturated rings. The molecule has 84 valence electrons. The number of hydrogen-bond acceptors (Lipinski definition) is 3. The van der Waals surface area contributed by atoms with E-state index in [0.717, 1.165) is 16.7 Å². The number of fused-ring (bicyclic) bond motifs is 1. The van der Waals surface area contributed by atoms with Crippen LogP contribution >= 0.6 is 0 Å². The van der Waals surface area contributed by atoms with Crippen LogP contribution in [0.2, 0.25) is 0 Å². The SMILES string of the molecule is Oc1ccc2c(C3CCCCC3)onc2c1. The minimum atomic E-state index is 0.246. The molecule has 0 spiro atoms. The summed E-state index contributed by atoms with van der Waals surface area (Å²) < 4.78 is 5.45. The predicted molar refractivity (Wildman–Crippen MR) is 61.5 cm³/mol. The van der Waals surface area contributed by atoms with Crippen molar-refractivity contribution in [3.8, 4) is 5.75 Å². The monoisotopic (exact) mass is 217 g/mol. The first kappa shape index (κ1) is 9.70. The number of aromatic hydroxyl groups is 1. The molecule has 1 saturated carbocycles. The van der Waals surface area contributed by atoms with Gasteiger partial charge in [0, 0.05) is 17.4 Å². The van der Waals surface area contributed by atoms with Crippen molar-refractivity contribution in [2.45, 2.75) is 38.0 Å². The summed E-state index contributed by atoms with van der Waals surface area (Å²) >= 11 is 0. The lowest BCUT2D eigenvalue weighted by molar-refractivity contribution is 0.326. The maximum atomic E-state index is 9.37. The Morgan fingerprint density at radius 3 is 2.81 bits per heavy atom. The van der Waals surface area contributed by atoms with Crippen LogP contribution in [0.4, 0.5) is 0 Å². The molecule has 3 heteroatoms. The lowest BCUT2D eigenvalue weighted by Gasteiger charge is -2.18. The maximum absolute atomic E-state index is 9.37. The molecule has 16 heavy (non-hydrogen) atoms. The number of aromatic nitrogens is 1. The minimum absolute atomic E-state index is 0.246. The van der Waals surface area contributed by atoms with E-state index in [9.17, 15) is 5.11 Å². The highest BCUT2D eigenvalue weighted by Crippen LogP contribution is 2.36. The molecule has 0 unspecified atom stereocenters. The van der Waals surface area contributed by atoms with Crippen molar-refractivity contribution in [3.05, 3.63) is 24.0 Å². The van der Waals surface area contributed by atoms with Gasteiger partial charge in [0.15, 0.2) is 0 Å². The van der Waals surface area contributed by atoms with Crippen molar-refractivity contribution in [2.75, 3.05) is 0 Å². The van der Waals surface area contributed by atoms with Crippen LogP contribution in [-0.4, -0.2) is 10.3 Å². The van der Waals surface area contributed by atoms with Crippen molar-refractivity contribution in [1.29, 1.82) is 0 Å². The summed E-state index contributed by atoms with van der Waals surface area (Å²) in [6, 6.07) is 5.27. The molecule has 1 aliphatic carbocycles. The molecule has 2 aromatic rings. The van der Waals surface area contributed by atoms with E-state index in [1.807, 2.05) is 6.07 Å². The molecule has 0 radical (unpaired) electrons. The number of benzene rings is 1. The van der Waals surface area contributed by atoms with Crippen LogP contribution in [0.5, 0.6) is 5.75 Å². The third-order valence-electron chi connectivity index (χ3n) is 3.47. The average Bonchev–Trinajstić information content (AvgIpc) is 2.73. The summed E-state index contributed by atoms with van der Waals surface area (Å²) in [4.78, 5) is 0. The second-order valence-corrected chi connectivity index (χ2v) is 4.58. The van der Waals surface area contributed by atoms with Crippen LogP contribution in [0, 0.1) is 0 Å². The molecule has 1 heterocycles. The second-order valence-electron chi connectivity index (χ2n) is 4.58. The summed E-state index contributed by atoms with van der Waals surface area (Å²) in [6.07, 6.45) is 6.30. The van der Waals surface area contributed by atoms with Crippen molar-refractivity contribution in [3.63, 3.8) is 0 Å². The fraction of sp³-hybridized carbons (Fsp3) is 0.462. The van der Waals surface area contributed by atoms with Gasteiger partial charge in [-0.2, -0.15) is 0 Å². The van der Waals surface area contributed by atoms with Crippen LogP contribution in [0.3, 0.4) is 0 Å². The van der Waals surface area contributed by atoms with Gasteiger partial charge < -0.3 is 9.63 Å². The van der Waals surface area contributed by atoms with Crippen LogP contribution in [0.15, 0.2) is 22.7 Å². The third-order valence-corrected chi connectivity index (χ3v) is 3.47. The molecule has 0 atom stereocenters. The lowest BCUT2D eigenvalue weighted by Crippen LogP contribution is -2.03. The smallest absolute Gasteiger partial charge is 0.147 e. The van der Waals surface area contributed by atoms with Gasteiger partial charge in [-0.25, -0.2) is 0 Å². The van der Waals surface area contributed by atoms with Gasteiger partial charge in [0.25, 0.3) is 0 Å². The van der Waals surface area contributed by atoms with E-state index >= 15 is 0 Å². The van der Waals surface area contributed by atoms with Crippen LogP contribution in [0.25, 0.3) is 10.9 Å². The number of phenolic OH excluding ortho intramolecular Hbond substituents is 1. The van der Waals surface area contributed by atoms with Crippen molar-refractivity contribution < 1.29 is 9.63 Å². The molecule has 1 aromatic carbocycles. The normalized spacial score (nSPS) is 18.0. The van der Waals surface area contributed by atoms with Crippen LogP contribution in [-0.2, 0) is 0 Å². The highest BCUT2D eigenvalue weighted by atomic mass is 16.5. The van der Waals surface area contributed by atoms with Gasteiger partial charge in [0.1, 0.15) is 17.0 Å².